The maximum atomic E-state index is 12.1. The van der Waals surface area contributed by atoms with Gasteiger partial charge in [-0.15, -0.1) is 0 Å². The molecule has 20 heavy (non-hydrogen) atoms. The Morgan fingerprint density at radius 1 is 1.25 bits per heavy atom. The third kappa shape index (κ3) is 2.99. The molecule has 0 amide bonds. The summed E-state index contributed by atoms with van der Waals surface area (Å²) < 4.78 is 49.0. The summed E-state index contributed by atoms with van der Waals surface area (Å²) in [4.78, 5) is 26.0. The minimum Gasteiger partial charge on any atom is -0.310 e. The Kier molecular flexibility index (Phi) is 3.60. The van der Waals surface area contributed by atoms with Crippen LogP contribution in [0.2, 0.25) is 0 Å². The van der Waals surface area contributed by atoms with Gasteiger partial charge in [-0.2, -0.15) is 0 Å². The van der Waals surface area contributed by atoms with Crippen molar-refractivity contribution < 1.29 is 16.8 Å². The second-order valence-corrected chi connectivity index (χ2v) is 8.46. The Morgan fingerprint density at radius 3 is 2.40 bits per heavy atom. The zero-order chi connectivity index (χ0) is 15.1. The number of nitrogens with one attached hydrogen (secondary N) is 3. The Bertz CT molecular complexity index is 848. The zero-order valence-corrected chi connectivity index (χ0v) is 12.1. The lowest BCUT2D eigenvalue weighted by molar-refractivity contribution is 0.559. The number of aryl methyl sites for hydroxylation is 1. The lowest BCUT2D eigenvalue weighted by Gasteiger charge is -2.12. The van der Waals surface area contributed by atoms with E-state index in [1.807, 2.05) is 4.98 Å². The van der Waals surface area contributed by atoms with E-state index in [1.54, 1.807) is 0 Å². The van der Waals surface area contributed by atoms with Gasteiger partial charge in [0.25, 0.3) is 5.56 Å². The van der Waals surface area contributed by atoms with Crippen molar-refractivity contribution in [3.63, 3.8) is 0 Å². The molecule has 1 aliphatic heterocycles. The molecule has 2 rings (SSSR count). The van der Waals surface area contributed by atoms with Crippen molar-refractivity contribution in [2.75, 3.05) is 11.5 Å². The van der Waals surface area contributed by atoms with E-state index < -0.39 is 42.0 Å². The third-order valence-corrected chi connectivity index (χ3v) is 6.34. The molecule has 1 aliphatic rings. The first kappa shape index (κ1) is 14.9. The van der Waals surface area contributed by atoms with Gasteiger partial charge in [0.05, 0.1) is 11.5 Å². The molecule has 0 aliphatic carbocycles. The van der Waals surface area contributed by atoms with Crippen LogP contribution in [-0.2, 0) is 19.9 Å². The summed E-state index contributed by atoms with van der Waals surface area (Å²) >= 11 is 0. The highest BCUT2D eigenvalue weighted by atomic mass is 32.2. The van der Waals surface area contributed by atoms with Crippen LogP contribution in [0.5, 0.6) is 0 Å². The molecule has 2 heterocycles. The molecule has 112 valence electrons. The first-order chi connectivity index (χ1) is 9.11. The van der Waals surface area contributed by atoms with E-state index in [9.17, 15) is 26.4 Å². The van der Waals surface area contributed by atoms with Gasteiger partial charge in [0, 0.05) is 11.7 Å². The van der Waals surface area contributed by atoms with Crippen molar-refractivity contribution in [3.8, 4) is 0 Å². The van der Waals surface area contributed by atoms with Crippen molar-refractivity contribution >= 4 is 19.9 Å². The predicted molar refractivity (Wildman–Crippen MR) is 69.8 cm³/mol. The fourth-order valence-corrected chi connectivity index (χ4v) is 5.36. The minimum absolute atomic E-state index is 0.0961. The van der Waals surface area contributed by atoms with E-state index in [-0.39, 0.29) is 23.6 Å². The molecule has 1 fully saturated rings. The average molecular weight is 323 g/mol. The van der Waals surface area contributed by atoms with Crippen LogP contribution >= 0.6 is 0 Å². The highest BCUT2D eigenvalue weighted by molar-refractivity contribution is 7.92. The van der Waals surface area contributed by atoms with Crippen molar-refractivity contribution in [1.82, 2.24) is 14.7 Å². The summed E-state index contributed by atoms with van der Waals surface area (Å²) in [6.07, 6.45) is 0.155. The molecule has 0 bridgehead atoms. The van der Waals surface area contributed by atoms with Crippen LogP contribution in [0.3, 0.4) is 0 Å². The topological polar surface area (TPSA) is 146 Å². The smallest absolute Gasteiger partial charge is 0.310 e. The van der Waals surface area contributed by atoms with Crippen molar-refractivity contribution in [1.29, 1.82) is 0 Å². The lowest BCUT2D eigenvalue weighted by atomic mass is 10.3. The minimum atomic E-state index is -4.20. The van der Waals surface area contributed by atoms with Gasteiger partial charge >= 0.3 is 5.69 Å². The van der Waals surface area contributed by atoms with Gasteiger partial charge in [0.15, 0.2) is 14.7 Å². The molecule has 1 aromatic rings. The van der Waals surface area contributed by atoms with Crippen LogP contribution in [-0.4, -0.2) is 44.4 Å². The van der Waals surface area contributed by atoms with E-state index in [0.717, 1.165) is 0 Å². The molecule has 3 N–H and O–H groups in total. The second kappa shape index (κ2) is 4.82. The van der Waals surface area contributed by atoms with Gasteiger partial charge in [-0.25, -0.2) is 26.4 Å². The van der Waals surface area contributed by atoms with Crippen LogP contribution < -0.4 is 16.0 Å². The predicted octanol–water partition coefficient (Wildman–Crippen LogP) is -2.16. The summed E-state index contributed by atoms with van der Waals surface area (Å²) in [5.41, 5.74) is -1.96. The fraction of sp³-hybridized carbons (Fsp3) is 0.556. The summed E-state index contributed by atoms with van der Waals surface area (Å²) in [5.74, 6) is -0.395. The number of hydrogen-bond acceptors (Lipinski definition) is 6. The highest BCUT2D eigenvalue weighted by Gasteiger charge is 2.33. The number of aromatic amines is 2. The van der Waals surface area contributed by atoms with Gasteiger partial charge < -0.3 is 4.98 Å². The molecular formula is C9H13N3O6S2. The molecule has 0 spiro atoms. The molecule has 0 radical (unpaired) electrons. The van der Waals surface area contributed by atoms with Crippen LogP contribution in [0.25, 0.3) is 0 Å². The third-order valence-electron chi connectivity index (χ3n) is 2.90. The van der Waals surface area contributed by atoms with E-state index in [0.29, 0.717) is 0 Å². The Balaban J connectivity index is 2.38. The van der Waals surface area contributed by atoms with E-state index >= 15 is 0 Å². The quantitative estimate of drug-likeness (QED) is 0.577. The molecule has 1 saturated heterocycles. The number of rotatable bonds is 3. The number of hydrogen-bond donors (Lipinski definition) is 3. The molecule has 9 nitrogen and oxygen atoms in total. The van der Waals surface area contributed by atoms with Gasteiger partial charge in [-0.05, 0) is 13.3 Å². The lowest BCUT2D eigenvalue weighted by Crippen LogP contribution is -2.40. The number of aromatic nitrogens is 2. The molecule has 0 saturated carbocycles. The normalized spacial score (nSPS) is 21.9. The van der Waals surface area contributed by atoms with Crippen molar-refractivity contribution in [2.45, 2.75) is 24.3 Å². The summed E-state index contributed by atoms with van der Waals surface area (Å²) in [7, 11) is -7.45. The number of sulfone groups is 1. The van der Waals surface area contributed by atoms with Gasteiger partial charge in [0.2, 0.25) is 10.0 Å². The number of sulfonamides is 1. The van der Waals surface area contributed by atoms with Crippen molar-refractivity contribution in [2.24, 2.45) is 0 Å². The molecule has 1 atom stereocenters. The highest BCUT2D eigenvalue weighted by Crippen LogP contribution is 2.14. The van der Waals surface area contributed by atoms with Crippen LogP contribution in [0, 0.1) is 6.92 Å². The van der Waals surface area contributed by atoms with Gasteiger partial charge in [0.1, 0.15) is 0 Å². The summed E-state index contributed by atoms with van der Waals surface area (Å²) in [6.45, 7) is 1.27. The molecular weight excluding hydrogens is 310 g/mol. The Morgan fingerprint density at radius 2 is 1.90 bits per heavy atom. The summed E-state index contributed by atoms with van der Waals surface area (Å²) in [6, 6.07) is -0.768. The Hall–Kier alpha value is -1.46. The van der Waals surface area contributed by atoms with Crippen LogP contribution in [0.4, 0.5) is 0 Å². The second-order valence-electron chi connectivity index (χ2n) is 4.58. The standard InChI is InChI=1S/C9H13N3O6S2/c1-5-7(8(13)11-9(14)10-5)20(17,18)12-6-2-3-19(15,16)4-6/h6,12H,2-4H2,1H3,(H2,10,11,13,14). The van der Waals surface area contributed by atoms with Crippen LogP contribution in [0.15, 0.2) is 14.5 Å². The molecule has 0 aromatic carbocycles. The number of H-pyrrole nitrogens is 2. The average Bonchev–Trinajstić information content (AvgIpc) is 2.54. The van der Waals surface area contributed by atoms with Crippen molar-refractivity contribution in [3.05, 3.63) is 26.5 Å². The van der Waals surface area contributed by atoms with Crippen LogP contribution in [0.1, 0.15) is 12.1 Å². The Labute approximate surface area is 114 Å². The first-order valence-corrected chi connectivity index (χ1v) is 8.97. The fourth-order valence-electron chi connectivity index (χ4n) is 2.08. The van der Waals surface area contributed by atoms with Gasteiger partial charge in [-0.1, -0.05) is 0 Å². The molecule has 1 unspecified atom stereocenters. The molecule has 1 aromatic heterocycles. The van der Waals surface area contributed by atoms with E-state index in [1.165, 1.54) is 6.92 Å². The van der Waals surface area contributed by atoms with E-state index in [2.05, 4.69) is 9.71 Å². The molecule has 11 heteroatoms. The van der Waals surface area contributed by atoms with E-state index in [4.69, 9.17) is 0 Å². The maximum Gasteiger partial charge on any atom is 0.325 e. The largest absolute Gasteiger partial charge is 0.325 e. The first-order valence-electron chi connectivity index (χ1n) is 5.67. The zero-order valence-electron chi connectivity index (χ0n) is 10.5. The summed E-state index contributed by atoms with van der Waals surface area (Å²) in [5, 5.41) is 0. The monoisotopic (exact) mass is 323 g/mol. The SMILES string of the molecule is Cc1[nH]c(=O)[nH]c(=O)c1S(=O)(=O)NC1CCS(=O)(=O)C1. The van der Waals surface area contributed by atoms with Gasteiger partial charge in [-0.3, -0.25) is 9.78 Å². The maximum absolute atomic E-state index is 12.1.